The highest BCUT2D eigenvalue weighted by Crippen LogP contribution is 2.41. The summed E-state index contributed by atoms with van der Waals surface area (Å²) >= 11 is 1.22. The summed E-state index contributed by atoms with van der Waals surface area (Å²) in [6, 6.07) is 9.28. The number of rotatable bonds is 9. The summed E-state index contributed by atoms with van der Waals surface area (Å²) in [5, 5.41) is 23.1. The van der Waals surface area contributed by atoms with E-state index in [2.05, 4.69) is 20.3 Å². The smallest absolute Gasteiger partial charge is 0.277 e. The number of methoxy groups -OCH3 is 3. The number of hydrogen-bond donors (Lipinski definition) is 0. The minimum atomic E-state index is -0.473. The summed E-state index contributed by atoms with van der Waals surface area (Å²) in [5.41, 5.74) is 1.18. The van der Waals surface area contributed by atoms with Crippen molar-refractivity contribution < 1.29 is 28.1 Å². The average molecular weight is 471 g/mol. The molecule has 0 fully saturated rings. The third kappa shape index (κ3) is 4.72. The summed E-state index contributed by atoms with van der Waals surface area (Å²) in [5.74, 6) is 2.60. The number of aromatic nitrogens is 4. The molecule has 0 N–H and O–H groups in total. The molecule has 0 aliphatic carbocycles. The Kier molecular flexibility index (Phi) is 6.40. The molecule has 0 saturated carbocycles. The predicted octanol–water partition coefficient (Wildman–Crippen LogP) is 4.01. The van der Waals surface area contributed by atoms with E-state index in [1.165, 1.54) is 45.2 Å². The van der Waals surface area contributed by atoms with Crippen molar-refractivity contribution in [3.05, 3.63) is 52.4 Å². The van der Waals surface area contributed by atoms with Crippen molar-refractivity contribution >= 4 is 17.4 Å². The Bertz CT molecular complexity index is 1250. The van der Waals surface area contributed by atoms with Gasteiger partial charge in [0.15, 0.2) is 11.5 Å². The summed E-state index contributed by atoms with van der Waals surface area (Å²) in [6.07, 6.45) is 0. The minimum absolute atomic E-state index is 0.0164. The first-order valence-corrected chi connectivity index (χ1v) is 10.3. The monoisotopic (exact) mass is 471 g/mol. The van der Waals surface area contributed by atoms with Gasteiger partial charge in [0.1, 0.15) is 0 Å². The fraction of sp³-hybridized carbons (Fsp3) is 0.200. The third-order valence-corrected chi connectivity index (χ3v) is 5.24. The molecule has 0 aliphatic heterocycles. The van der Waals surface area contributed by atoms with Crippen molar-refractivity contribution in [1.82, 2.24) is 20.3 Å². The second-order valence-electron chi connectivity index (χ2n) is 6.39. The van der Waals surface area contributed by atoms with Crippen molar-refractivity contribution in [3.63, 3.8) is 0 Å². The van der Waals surface area contributed by atoms with Crippen LogP contribution in [0.25, 0.3) is 22.8 Å². The van der Waals surface area contributed by atoms with Gasteiger partial charge in [-0.15, -0.1) is 10.2 Å². The van der Waals surface area contributed by atoms with Crippen LogP contribution >= 0.6 is 11.8 Å². The highest BCUT2D eigenvalue weighted by Gasteiger charge is 2.18. The predicted molar refractivity (Wildman–Crippen MR) is 115 cm³/mol. The molecule has 2 heterocycles. The van der Waals surface area contributed by atoms with Gasteiger partial charge < -0.3 is 23.2 Å². The van der Waals surface area contributed by atoms with Crippen molar-refractivity contribution in [1.29, 1.82) is 0 Å². The highest BCUT2D eigenvalue weighted by molar-refractivity contribution is 7.98. The Labute approximate surface area is 191 Å². The number of ether oxygens (including phenoxy) is 3. The molecule has 4 aromatic rings. The minimum Gasteiger partial charge on any atom is -0.493 e. The first kappa shape index (κ1) is 22.1. The lowest BCUT2D eigenvalue weighted by atomic mass is 10.2. The quantitative estimate of drug-likeness (QED) is 0.197. The van der Waals surface area contributed by atoms with Gasteiger partial charge in [0, 0.05) is 23.3 Å². The lowest BCUT2D eigenvalue weighted by molar-refractivity contribution is -0.384. The fourth-order valence-corrected chi connectivity index (χ4v) is 3.48. The van der Waals surface area contributed by atoms with Gasteiger partial charge in [0.2, 0.25) is 23.4 Å². The van der Waals surface area contributed by atoms with Gasteiger partial charge in [0.25, 0.3) is 10.9 Å². The van der Waals surface area contributed by atoms with Crippen LogP contribution < -0.4 is 14.2 Å². The molecular formula is C20H17N5O7S. The highest BCUT2D eigenvalue weighted by atomic mass is 32.2. The van der Waals surface area contributed by atoms with Gasteiger partial charge in [-0.2, -0.15) is 4.98 Å². The lowest BCUT2D eigenvalue weighted by Gasteiger charge is -2.12. The normalized spacial score (nSPS) is 10.8. The molecule has 33 heavy (non-hydrogen) atoms. The lowest BCUT2D eigenvalue weighted by Crippen LogP contribution is -1.95. The van der Waals surface area contributed by atoms with E-state index in [9.17, 15) is 10.1 Å². The van der Waals surface area contributed by atoms with Gasteiger partial charge in [-0.1, -0.05) is 16.9 Å². The van der Waals surface area contributed by atoms with E-state index in [4.69, 9.17) is 23.2 Å². The Hall–Kier alpha value is -4.13. The molecule has 0 aliphatic rings. The SMILES string of the molecule is COc1cc(-c2nnc(SCc3nc(-c4ccc([N+](=O)[O-])cc4)no3)o2)cc(OC)c1OC. The Morgan fingerprint density at radius 1 is 1.00 bits per heavy atom. The van der Waals surface area contributed by atoms with E-state index >= 15 is 0 Å². The molecule has 13 heteroatoms. The first-order chi connectivity index (χ1) is 16.0. The van der Waals surface area contributed by atoms with Crippen LogP contribution in [-0.4, -0.2) is 46.6 Å². The van der Waals surface area contributed by atoms with E-state index in [1.807, 2.05) is 0 Å². The number of benzene rings is 2. The van der Waals surface area contributed by atoms with E-state index in [0.717, 1.165) is 0 Å². The molecule has 0 unspecified atom stereocenters. The zero-order valence-electron chi connectivity index (χ0n) is 17.7. The van der Waals surface area contributed by atoms with Crippen LogP contribution in [0.15, 0.2) is 50.6 Å². The van der Waals surface area contributed by atoms with Crippen LogP contribution in [0.3, 0.4) is 0 Å². The van der Waals surface area contributed by atoms with Gasteiger partial charge in [-0.05, 0) is 24.3 Å². The number of nitrogens with zero attached hydrogens (tertiary/aromatic N) is 5. The molecule has 0 spiro atoms. The maximum atomic E-state index is 10.8. The molecule has 0 saturated heterocycles. The largest absolute Gasteiger partial charge is 0.493 e. The standard InChI is InChI=1S/C20H17N5O7S/c1-28-14-8-12(9-15(29-2)17(14)30-3)19-22-23-20(31-19)33-10-16-21-18(24-32-16)11-4-6-13(7-5-11)25(26)27/h4-9H,10H2,1-3H3. The van der Waals surface area contributed by atoms with Crippen LogP contribution in [0, 0.1) is 10.1 Å². The van der Waals surface area contributed by atoms with Crippen molar-refractivity contribution in [2.45, 2.75) is 11.0 Å². The van der Waals surface area contributed by atoms with E-state index in [1.54, 1.807) is 24.3 Å². The topological polar surface area (TPSA) is 149 Å². The Balaban J connectivity index is 1.45. The van der Waals surface area contributed by atoms with Crippen LogP contribution in [0.1, 0.15) is 5.89 Å². The summed E-state index contributed by atoms with van der Waals surface area (Å²) in [7, 11) is 4.56. The average Bonchev–Trinajstić information content (AvgIpc) is 3.51. The number of nitro benzene ring substituents is 1. The molecule has 0 amide bonds. The summed E-state index contributed by atoms with van der Waals surface area (Å²) in [4.78, 5) is 14.6. The van der Waals surface area contributed by atoms with Crippen molar-refractivity contribution in [2.24, 2.45) is 0 Å². The zero-order chi connectivity index (χ0) is 23.4. The number of thioether (sulfide) groups is 1. The molecule has 4 rings (SSSR count). The third-order valence-electron chi connectivity index (χ3n) is 4.44. The second kappa shape index (κ2) is 9.56. The molecule has 0 atom stereocenters. The number of hydrogen-bond acceptors (Lipinski definition) is 12. The van der Waals surface area contributed by atoms with Gasteiger partial charge in [-0.25, -0.2) is 0 Å². The molecular weight excluding hydrogens is 454 g/mol. The van der Waals surface area contributed by atoms with Crippen LogP contribution in [-0.2, 0) is 5.75 Å². The van der Waals surface area contributed by atoms with E-state index in [0.29, 0.717) is 45.3 Å². The van der Waals surface area contributed by atoms with Crippen molar-refractivity contribution in [3.8, 4) is 40.1 Å². The maximum absolute atomic E-state index is 10.8. The Morgan fingerprint density at radius 3 is 2.30 bits per heavy atom. The zero-order valence-corrected chi connectivity index (χ0v) is 18.5. The number of nitro groups is 1. The van der Waals surface area contributed by atoms with E-state index < -0.39 is 4.92 Å². The fourth-order valence-electron chi connectivity index (χ4n) is 2.88. The maximum Gasteiger partial charge on any atom is 0.277 e. The molecule has 2 aromatic carbocycles. The molecule has 0 bridgehead atoms. The van der Waals surface area contributed by atoms with E-state index in [-0.39, 0.29) is 17.3 Å². The van der Waals surface area contributed by atoms with Crippen molar-refractivity contribution in [2.75, 3.05) is 21.3 Å². The van der Waals surface area contributed by atoms with Gasteiger partial charge in [-0.3, -0.25) is 10.1 Å². The summed E-state index contributed by atoms with van der Waals surface area (Å²) in [6.45, 7) is 0. The molecule has 2 aromatic heterocycles. The molecule has 170 valence electrons. The van der Waals surface area contributed by atoms with Crippen LogP contribution in [0.4, 0.5) is 5.69 Å². The van der Waals surface area contributed by atoms with Crippen LogP contribution in [0.2, 0.25) is 0 Å². The van der Waals surface area contributed by atoms with Gasteiger partial charge in [0.05, 0.1) is 32.0 Å². The number of non-ortho nitro benzene ring substituents is 1. The van der Waals surface area contributed by atoms with Gasteiger partial charge >= 0.3 is 0 Å². The Morgan fingerprint density at radius 2 is 1.70 bits per heavy atom. The van der Waals surface area contributed by atoms with Crippen LogP contribution in [0.5, 0.6) is 17.2 Å². The first-order valence-electron chi connectivity index (χ1n) is 9.36. The summed E-state index contributed by atoms with van der Waals surface area (Å²) < 4.78 is 27.0. The second-order valence-corrected chi connectivity index (χ2v) is 7.32. The molecule has 0 radical (unpaired) electrons. The molecule has 12 nitrogen and oxygen atoms in total.